The largest absolute Gasteiger partial charge is 0.468 e. The van der Waals surface area contributed by atoms with Gasteiger partial charge in [0.25, 0.3) is 0 Å². The second-order valence-electron chi connectivity index (χ2n) is 2.87. The summed E-state index contributed by atoms with van der Waals surface area (Å²) in [6.07, 6.45) is 1.74. The van der Waals surface area contributed by atoms with Crippen LogP contribution in [0.2, 0.25) is 0 Å². The van der Waals surface area contributed by atoms with Crippen molar-refractivity contribution in [3.05, 3.63) is 0 Å². The van der Waals surface area contributed by atoms with Crippen molar-refractivity contribution in [3.8, 4) is 0 Å². The maximum atomic E-state index is 11.1. The van der Waals surface area contributed by atoms with Gasteiger partial charge in [-0.3, -0.25) is 4.79 Å². The van der Waals surface area contributed by atoms with Crippen LogP contribution in [0.5, 0.6) is 0 Å². The zero-order valence-electron chi connectivity index (χ0n) is 6.69. The lowest BCUT2D eigenvalue weighted by molar-refractivity contribution is -0.144. The number of methoxy groups -OCH3 is 1. The van der Waals surface area contributed by atoms with Crippen molar-refractivity contribution < 1.29 is 9.53 Å². The average molecular weight is 178 g/mol. The van der Waals surface area contributed by atoms with Gasteiger partial charge in [-0.05, 0) is 24.1 Å². The van der Waals surface area contributed by atoms with Crippen LogP contribution in [0.1, 0.15) is 19.8 Å². The highest BCUT2D eigenvalue weighted by molar-refractivity contribution is 6.16. The van der Waals surface area contributed by atoms with Crippen molar-refractivity contribution >= 4 is 17.7 Å². The van der Waals surface area contributed by atoms with Gasteiger partial charge in [-0.1, -0.05) is 13.3 Å². The van der Waals surface area contributed by atoms with Crippen molar-refractivity contribution in [1.29, 1.82) is 0 Å². The molecule has 0 aromatic rings. The van der Waals surface area contributed by atoms with Crippen LogP contribution in [0.3, 0.4) is 0 Å². The van der Waals surface area contributed by atoms with E-state index in [2.05, 4.69) is 9.57 Å². The molecular weight excluding hydrogens is 166 g/mol. The highest BCUT2D eigenvalue weighted by Crippen LogP contribution is 2.46. The van der Waals surface area contributed by atoms with Gasteiger partial charge in [0.15, 0.2) is 0 Å². The van der Waals surface area contributed by atoms with Crippen molar-refractivity contribution in [3.63, 3.8) is 0 Å². The highest BCUT2D eigenvalue weighted by atomic mass is 35.5. The van der Waals surface area contributed by atoms with Crippen molar-refractivity contribution in [1.82, 2.24) is 4.84 Å². The van der Waals surface area contributed by atoms with Crippen LogP contribution in [0.15, 0.2) is 0 Å². The Morgan fingerprint density at radius 2 is 2.55 bits per heavy atom. The summed E-state index contributed by atoms with van der Waals surface area (Å²) >= 11 is 5.45. The zero-order chi connectivity index (χ0) is 8.48. The number of rotatable bonds is 3. The quantitative estimate of drug-likeness (QED) is 0.518. The molecule has 1 fully saturated rings. The summed E-state index contributed by atoms with van der Waals surface area (Å²) in [7, 11) is 1.38. The number of hydrogen-bond acceptors (Lipinski definition) is 3. The van der Waals surface area contributed by atoms with Gasteiger partial charge < -0.3 is 4.74 Å². The number of carbonyl (C=O) groups excluding carboxylic acids is 1. The molecule has 1 N–H and O–H groups in total. The van der Waals surface area contributed by atoms with Crippen LogP contribution in [-0.2, 0) is 9.53 Å². The fourth-order valence-corrected chi connectivity index (χ4v) is 1.72. The number of hydrogen-bond donors (Lipinski definition) is 1. The fraction of sp³-hybridized carbons (Fsp3) is 0.857. The number of halogens is 1. The van der Waals surface area contributed by atoms with E-state index in [0.717, 1.165) is 12.8 Å². The number of nitrogens with one attached hydrogen (secondary N) is 1. The van der Waals surface area contributed by atoms with E-state index in [0.29, 0.717) is 5.92 Å². The molecule has 11 heavy (non-hydrogen) atoms. The lowest BCUT2D eigenvalue weighted by Crippen LogP contribution is -2.36. The van der Waals surface area contributed by atoms with Gasteiger partial charge in [0, 0.05) is 0 Å². The monoisotopic (exact) mass is 177 g/mol. The topological polar surface area (TPSA) is 38.3 Å². The molecule has 64 valence electrons. The summed E-state index contributed by atoms with van der Waals surface area (Å²) in [5.74, 6) is 0.0896. The van der Waals surface area contributed by atoms with E-state index in [4.69, 9.17) is 11.8 Å². The molecule has 0 amide bonds. The normalized spacial score (nSPS) is 35.0. The van der Waals surface area contributed by atoms with Crippen LogP contribution < -0.4 is 4.84 Å². The van der Waals surface area contributed by atoms with Crippen molar-refractivity contribution in [2.45, 2.75) is 25.3 Å². The third kappa shape index (κ3) is 1.23. The van der Waals surface area contributed by atoms with Gasteiger partial charge in [0.1, 0.15) is 5.54 Å². The van der Waals surface area contributed by atoms with E-state index in [1.165, 1.54) is 7.11 Å². The Labute approximate surface area is 71.2 Å². The van der Waals surface area contributed by atoms with Gasteiger partial charge in [-0.15, -0.1) is 0 Å². The molecule has 0 aromatic carbocycles. The molecule has 0 heterocycles. The maximum Gasteiger partial charge on any atom is 0.327 e. The molecule has 4 heteroatoms. The van der Waals surface area contributed by atoms with E-state index in [1.807, 2.05) is 6.92 Å². The minimum Gasteiger partial charge on any atom is -0.468 e. The van der Waals surface area contributed by atoms with Crippen LogP contribution in [0.4, 0.5) is 0 Å². The first-order valence-electron chi connectivity index (χ1n) is 3.67. The van der Waals surface area contributed by atoms with E-state index < -0.39 is 5.54 Å². The number of ether oxygens (including phenoxy) is 1. The summed E-state index contributed by atoms with van der Waals surface area (Å²) in [5.41, 5.74) is -0.578. The Morgan fingerprint density at radius 1 is 1.91 bits per heavy atom. The van der Waals surface area contributed by atoms with Crippen molar-refractivity contribution in [2.75, 3.05) is 7.11 Å². The summed E-state index contributed by atoms with van der Waals surface area (Å²) < 4.78 is 4.61. The molecule has 0 spiro atoms. The zero-order valence-corrected chi connectivity index (χ0v) is 7.44. The molecule has 1 rings (SSSR count). The van der Waals surface area contributed by atoms with Gasteiger partial charge in [-0.2, -0.15) is 0 Å². The standard InChI is InChI=1S/C7H12ClNO2/c1-3-5-4-7(5,9-8)6(10)11-2/h5,9H,3-4H2,1-2H3/t5-,7-/m1/s1. The number of esters is 1. The Balaban J connectivity index is 2.59. The Bertz CT molecular complexity index is 174. The summed E-state index contributed by atoms with van der Waals surface area (Å²) in [6.45, 7) is 2.03. The molecule has 3 nitrogen and oxygen atoms in total. The second-order valence-corrected chi connectivity index (χ2v) is 3.06. The molecular formula is C7H12ClNO2. The molecule has 1 aliphatic rings. The first-order chi connectivity index (χ1) is 5.21. The Kier molecular flexibility index (Phi) is 2.40. The van der Waals surface area contributed by atoms with E-state index in [9.17, 15) is 4.79 Å². The number of carbonyl (C=O) groups is 1. The van der Waals surface area contributed by atoms with Gasteiger partial charge >= 0.3 is 5.97 Å². The SMILES string of the molecule is CC[C@@H]1C[C@]1(NCl)C(=O)OC. The third-order valence-corrected chi connectivity index (χ3v) is 2.65. The highest BCUT2D eigenvalue weighted by Gasteiger charge is 2.59. The van der Waals surface area contributed by atoms with E-state index >= 15 is 0 Å². The first kappa shape index (κ1) is 8.81. The van der Waals surface area contributed by atoms with Crippen LogP contribution >= 0.6 is 11.8 Å². The Morgan fingerprint density at radius 3 is 2.82 bits per heavy atom. The first-order valence-corrected chi connectivity index (χ1v) is 4.05. The predicted molar refractivity (Wildman–Crippen MR) is 42.1 cm³/mol. The van der Waals surface area contributed by atoms with E-state index in [-0.39, 0.29) is 5.97 Å². The van der Waals surface area contributed by atoms with Crippen molar-refractivity contribution in [2.24, 2.45) is 5.92 Å². The van der Waals surface area contributed by atoms with Gasteiger partial charge in [0.05, 0.1) is 7.11 Å². The predicted octanol–water partition coefficient (Wildman–Crippen LogP) is 1.07. The summed E-state index contributed by atoms with van der Waals surface area (Å²) in [5, 5.41) is 0. The minimum atomic E-state index is -0.578. The average Bonchev–Trinajstić information content (AvgIpc) is 2.78. The lowest BCUT2D eigenvalue weighted by Gasteiger charge is -2.10. The molecule has 1 aliphatic carbocycles. The molecule has 0 aromatic heterocycles. The summed E-state index contributed by atoms with van der Waals surface area (Å²) in [4.78, 5) is 13.6. The smallest absolute Gasteiger partial charge is 0.327 e. The van der Waals surface area contributed by atoms with Crippen LogP contribution in [0, 0.1) is 5.92 Å². The molecule has 2 atom stereocenters. The fourth-order valence-electron chi connectivity index (χ4n) is 1.41. The Hall–Kier alpha value is -0.280. The minimum absolute atomic E-state index is 0.251. The molecule has 0 aliphatic heterocycles. The van der Waals surface area contributed by atoms with E-state index in [1.54, 1.807) is 0 Å². The molecule has 1 saturated carbocycles. The van der Waals surface area contributed by atoms with Gasteiger partial charge in [-0.25, -0.2) is 4.84 Å². The lowest BCUT2D eigenvalue weighted by atomic mass is 10.2. The molecule has 0 saturated heterocycles. The molecule has 0 radical (unpaired) electrons. The van der Waals surface area contributed by atoms with Crippen LogP contribution in [-0.4, -0.2) is 18.6 Å². The van der Waals surface area contributed by atoms with Gasteiger partial charge in [0.2, 0.25) is 0 Å². The molecule has 0 bridgehead atoms. The second kappa shape index (κ2) is 2.99. The molecule has 0 unspecified atom stereocenters. The maximum absolute atomic E-state index is 11.1. The summed E-state index contributed by atoms with van der Waals surface area (Å²) in [6, 6.07) is 0. The third-order valence-electron chi connectivity index (χ3n) is 2.32. The van der Waals surface area contributed by atoms with Crippen LogP contribution in [0.25, 0.3) is 0 Å².